The van der Waals surface area contributed by atoms with Crippen LogP contribution in [0.5, 0.6) is 0 Å². The zero-order valence-corrected chi connectivity index (χ0v) is 8.10. The van der Waals surface area contributed by atoms with E-state index in [9.17, 15) is 9.59 Å². The van der Waals surface area contributed by atoms with Gasteiger partial charge in [0.25, 0.3) is 0 Å². The lowest BCUT2D eigenvalue weighted by Gasteiger charge is -2.33. The molecule has 0 spiro atoms. The summed E-state index contributed by atoms with van der Waals surface area (Å²) in [6, 6.07) is -0.351. The molecule has 2 rings (SSSR count). The normalized spacial score (nSPS) is 31.5. The Balaban J connectivity index is 2.18. The van der Waals surface area contributed by atoms with Gasteiger partial charge in [-0.3, -0.25) is 9.69 Å². The monoisotopic (exact) mass is 202 g/mol. The maximum Gasteiger partial charge on any atom is 0.325 e. The van der Waals surface area contributed by atoms with Crippen molar-refractivity contribution in [2.75, 3.05) is 0 Å². The highest BCUT2D eigenvalue weighted by Crippen LogP contribution is 2.42. The zero-order chi connectivity index (χ0) is 9.64. The number of urea groups is 1. The molecule has 3 amide bonds. The molecular formula is C8H11ClN2O2. The minimum Gasteiger partial charge on any atom is -0.321 e. The van der Waals surface area contributed by atoms with Crippen molar-refractivity contribution in [3.8, 4) is 0 Å². The van der Waals surface area contributed by atoms with Crippen molar-refractivity contribution >= 4 is 23.5 Å². The van der Waals surface area contributed by atoms with E-state index in [4.69, 9.17) is 11.6 Å². The average Bonchev–Trinajstić information content (AvgIpc) is 2.65. The number of nitrogens with zero attached hydrogens (tertiary/aromatic N) is 1. The molecule has 13 heavy (non-hydrogen) atoms. The van der Waals surface area contributed by atoms with Gasteiger partial charge in [0, 0.05) is 5.54 Å². The number of hydrogen-bond donors (Lipinski definition) is 1. The predicted octanol–water partition coefficient (Wildman–Crippen LogP) is 1.05. The predicted molar refractivity (Wildman–Crippen MR) is 47.3 cm³/mol. The van der Waals surface area contributed by atoms with Crippen LogP contribution in [0.2, 0.25) is 0 Å². The van der Waals surface area contributed by atoms with Crippen molar-refractivity contribution < 1.29 is 9.59 Å². The van der Waals surface area contributed by atoms with Crippen LogP contribution >= 0.6 is 11.6 Å². The van der Waals surface area contributed by atoms with Crippen molar-refractivity contribution in [1.82, 2.24) is 10.2 Å². The molecular weight excluding hydrogens is 192 g/mol. The van der Waals surface area contributed by atoms with Crippen LogP contribution in [-0.2, 0) is 4.79 Å². The molecule has 5 heteroatoms. The van der Waals surface area contributed by atoms with Crippen LogP contribution in [0.4, 0.5) is 4.79 Å². The molecule has 1 saturated heterocycles. The molecule has 1 aliphatic carbocycles. The first kappa shape index (κ1) is 8.81. The van der Waals surface area contributed by atoms with Crippen LogP contribution in [0, 0.1) is 0 Å². The fourth-order valence-corrected chi connectivity index (χ4v) is 1.78. The summed E-state index contributed by atoms with van der Waals surface area (Å²) in [6.07, 6.45) is 2.00. The maximum absolute atomic E-state index is 11.5. The fourth-order valence-electron chi connectivity index (χ4n) is 1.56. The Morgan fingerprint density at radius 1 is 1.54 bits per heavy atom. The van der Waals surface area contributed by atoms with E-state index >= 15 is 0 Å². The Morgan fingerprint density at radius 2 is 2.15 bits per heavy atom. The van der Waals surface area contributed by atoms with Crippen molar-refractivity contribution in [2.24, 2.45) is 0 Å². The smallest absolute Gasteiger partial charge is 0.321 e. The topological polar surface area (TPSA) is 49.4 Å². The lowest BCUT2D eigenvalue weighted by molar-refractivity contribution is -0.131. The first-order valence-electron chi connectivity index (χ1n) is 4.30. The van der Waals surface area contributed by atoms with Gasteiger partial charge in [-0.25, -0.2) is 4.79 Å². The van der Waals surface area contributed by atoms with E-state index in [2.05, 4.69) is 5.32 Å². The number of halogens is 1. The largest absolute Gasteiger partial charge is 0.325 e. The number of rotatable bonds is 1. The van der Waals surface area contributed by atoms with Crippen molar-refractivity contribution in [3.63, 3.8) is 0 Å². The van der Waals surface area contributed by atoms with Crippen LogP contribution in [0.3, 0.4) is 0 Å². The fraction of sp³-hybridized carbons (Fsp3) is 0.750. The van der Waals surface area contributed by atoms with Crippen LogP contribution in [0.1, 0.15) is 26.2 Å². The Hall–Kier alpha value is -0.770. The molecule has 2 fully saturated rings. The lowest BCUT2D eigenvalue weighted by atomic mass is 10.2. The van der Waals surface area contributed by atoms with Gasteiger partial charge in [-0.2, -0.15) is 0 Å². The molecule has 0 aromatic carbocycles. The van der Waals surface area contributed by atoms with E-state index in [0.29, 0.717) is 0 Å². The highest BCUT2D eigenvalue weighted by molar-refractivity contribution is 6.23. The minimum atomic E-state index is -0.543. The highest BCUT2D eigenvalue weighted by atomic mass is 35.5. The summed E-state index contributed by atoms with van der Waals surface area (Å²) in [5, 5.41) is 2.54. The van der Waals surface area contributed by atoms with E-state index in [1.54, 1.807) is 0 Å². The summed E-state index contributed by atoms with van der Waals surface area (Å²) < 4.78 is 0. The van der Waals surface area contributed by atoms with Crippen molar-refractivity contribution in [3.05, 3.63) is 0 Å². The molecule has 1 saturated carbocycles. The molecule has 1 unspecified atom stereocenters. The van der Waals surface area contributed by atoms with E-state index in [0.717, 1.165) is 12.8 Å². The van der Waals surface area contributed by atoms with Gasteiger partial charge in [-0.1, -0.05) is 11.6 Å². The Bertz CT molecular complexity index is 257. The number of amides is 3. The van der Waals surface area contributed by atoms with Gasteiger partial charge in [0.1, 0.15) is 5.50 Å². The molecule has 4 nitrogen and oxygen atoms in total. The van der Waals surface area contributed by atoms with Gasteiger partial charge in [0.2, 0.25) is 5.91 Å². The molecule has 0 bridgehead atoms. The Labute approximate surface area is 81.2 Å². The number of hydrogen-bond acceptors (Lipinski definition) is 2. The number of carbonyl (C=O) groups excluding carboxylic acids is 2. The molecule has 1 N–H and O–H groups in total. The second kappa shape index (κ2) is 2.61. The van der Waals surface area contributed by atoms with Gasteiger partial charge in [0.15, 0.2) is 0 Å². The molecule has 0 aromatic heterocycles. The molecule has 1 heterocycles. The third kappa shape index (κ3) is 1.39. The van der Waals surface area contributed by atoms with E-state index in [1.165, 1.54) is 4.90 Å². The molecule has 0 radical (unpaired) electrons. The van der Waals surface area contributed by atoms with Crippen LogP contribution in [-0.4, -0.2) is 27.9 Å². The SMILES string of the molecule is CC1(N2C(=O)CC(Cl)NC2=O)CC1. The summed E-state index contributed by atoms with van der Waals surface area (Å²) in [5.74, 6) is -0.163. The van der Waals surface area contributed by atoms with Gasteiger partial charge in [0.05, 0.1) is 6.42 Å². The quantitative estimate of drug-likeness (QED) is 0.510. The molecule has 2 aliphatic rings. The lowest BCUT2D eigenvalue weighted by Crippen LogP contribution is -2.57. The molecule has 1 aliphatic heterocycles. The maximum atomic E-state index is 11.5. The van der Waals surface area contributed by atoms with E-state index in [1.807, 2.05) is 6.92 Å². The molecule has 1 atom stereocenters. The summed E-state index contributed by atoms with van der Waals surface area (Å²) in [5.41, 5.74) is -0.781. The number of alkyl halides is 1. The van der Waals surface area contributed by atoms with Crippen LogP contribution < -0.4 is 5.32 Å². The van der Waals surface area contributed by atoms with Gasteiger partial charge < -0.3 is 5.32 Å². The van der Waals surface area contributed by atoms with Crippen LogP contribution in [0.15, 0.2) is 0 Å². The van der Waals surface area contributed by atoms with Gasteiger partial charge >= 0.3 is 6.03 Å². The zero-order valence-electron chi connectivity index (χ0n) is 7.34. The molecule has 0 aromatic rings. The first-order chi connectivity index (χ1) is 6.03. The minimum absolute atomic E-state index is 0.163. The van der Waals surface area contributed by atoms with Crippen molar-refractivity contribution in [1.29, 1.82) is 0 Å². The Kier molecular flexibility index (Phi) is 1.77. The van der Waals surface area contributed by atoms with Gasteiger partial charge in [-0.15, -0.1) is 0 Å². The molecule has 72 valence electrons. The number of nitrogens with one attached hydrogen (secondary N) is 1. The Morgan fingerprint density at radius 3 is 2.62 bits per heavy atom. The van der Waals surface area contributed by atoms with E-state index in [-0.39, 0.29) is 23.9 Å². The first-order valence-corrected chi connectivity index (χ1v) is 4.74. The average molecular weight is 203 g/mol. The van der Waals surface area contributed by atoms with Gasteiger partial charge in [-0.05, 0) is 19.8 Å². The summed E-state index contributed by atoms with van der Waals surface area (Å²) in [6.45, 7) is 1.92. The second-order valence-electron chi connectivity index (χ2n) is 3.85. The summed E-state index contributed by atoms with van der Waals surface area (Å²) >= 11 is 5.66. The van der Waals surface area contributed by atoms with E-state index < -0.39 is 5.50 Å². The third-order valence-corrected chi connectivity index (χ3v) is 2.86. The second-order valence-corrected chi connectivity index (χ2v) is 4.37. The highest BCUT2D eigenvalue weighted by Gasteiger charge is 2.50. The number of imide groups is 1. The summed E-state index contributed by atoms with van der Waals surface area (Å²) in [4.78, 5) is 24.2. The summed E-state index contributed by atoms with van der Waals surface area (Å²) in [7, 11) is 0. The van der Waals surface area contributed by atoms with Crippen LogP contribution in [0.25, 0.3) is 0 Å². The third-order valence-electron chi connectivity index (χ3n) is 2.60. The number of carbonyl (C=O) groups is 2. The van der Waals surface area contributed by atoms with Crippen molar-refractivity contribution in [2.45, 2.75) is 37.2 Å². The standard InChI is InChI=1S/C8H11ClN2O2/c1-8(2-3-8)11-6(12)4-5(9)10-7(11)13/h5H,2-4H2,1H3,(H,10,13).